The summed E-state index contributed by atoms with van der Waals surface area (Å²) in [4.78, 5) is 11.8. The van der Waals surface area contributed by atoms with Crippen LogP contribution < -0.4 is 5.32 Å². The minimum Gasteiger partial charge on any atom is -0.292 e. The molecule has 1 atom stereocenters. The van der Waals surface area contributed by atoms with Gasteiger partial charge in [0.2, 0.25) is 9.84 Å². The number of nitrogens with zero attached hydrogens (tertiary/aromatic N) is 3. The lowest BCUT2D eigenvalue weighted by atomic mass is 10.1. The second-order valence-electron chi connectivity index (χ2n) is 6.96. The van der Waals surface area contributed by atoms with Gasteiger partial charge in [0.1, 0.15) is 5.01 Å². The Labute approximate surface area is 192 Å². The lowest BCUT2D eigenvalue weighted by molar-refractivity contribution is -0.140. The highest BCUT2D eigenvalue weighted by atomic mass is 32.2. The summed E-state index contributed by atoms with van der Waals surface area (Å²) < 4.78 is 64.8. The molecule has 0 aliphatic carbocycles. The van der Waals surface area contributed by atoms with Gasteiger partial charge in [0, 0.05) is 29.9 Å². The second kappa shape index (κ2) is 9.38. The molecule has 11 heteroatoms. The molecule has 4 rings (SSSR count). The molecule has 0 amide bonds. The molecule has 1 N–H and O–H groups in total. The van der Waals surface area contributed by atoms with Crippen molar-refractivity contribution in [1.82, 2.24) is 20.3 Å². The minimum absolute atomic E-state index is 0.0762. The molecule has 0 aliphatic heterocycles. The topological polar surface area (TPSA) is 84.8 Å². The Bertz CT molecular complexity index is 1310. The predicted octanol–water partition coefficient (Wildman–Crippen LogP) is 4.88. The van der Waals surface area contributed by atoms with Crippen molar-refractivity contribution >= 4 is 21.2 Å². The molecule has 170 valence electrons. The Balaban J connectivity index is 1.54. The van der Waals surface area contributed by atoms with Gasteiger partial charge in [-0.15, -0.1) is 11.3 Å². The Morgan fingerprint density at radius 1 is 0.939 bits per heavy atom. The first-order valence-corrected chi connectivity index (χ1v) is 12.1. The summed E-state index contributed by atoms with van der Waals surface area (Å²) in [5.41, 5.74) is 0.679. The number of aromatic nitrogens is 3. The molecule has 0 spiro atoms. The van der Waals surface area contributed by atoms with Crippen LogP contribution in [-0.2, 0) is 22.6 Å². The number of hydrogen-bond acceptors (Lipinski definition) is 7. The maximum atomic E-state index is 13.2. The van der Waals surface area contributed by atoms with Crippen molar-refractivity contribution in [3.05, 3.63) is 95.4 Å². The predicted molar refractivity (Wildman–Crippen MR) is 118 cm³/mol. The standard InChI is InChI=1S/C22H17F3N4O2S2/c23-22(24,25)18-14-32-20(29-18)16-9-7-15(8-10-16)13-28-21(17-5-1-3-11-26-17)33(30,31)19-6-2-4-12-27-19/h1-12,14,21,28H,13H2. The minimum atomic E-state index is -4.49. The van der Waals surface area contributed by atoms with E-state index in [4.69, 9.17) is 0 Å². The third-order valence-electron chi connectivity index (χ3n) is 4.68. The summed E-state index contributed by atoms with van der Waals surface area (Å²) >= 11 is 0.911. The second-order valence-corrected chi connectivity index (χ2v) is 9.80. The van der Waals surface area contributed by atoms with Crippen LogP contribution in [0.5, 0.6) is 0 Å². The van der Waals surface area contributed by atoms with Crippen molar-refractivity contribution in [1.29, 1.82) is 0 Å². The molecule has 0 aliphatic rings. The zero-order valence-electron chi connectivity index (χ0n) is 16.9. The van der Waals surface area contributed by atoms with Crippen LogP contribution in [0.4, 0.5) is 13.2 Å². The van der Waals surface area contributed by atoms with Gasteiger partial charge in [0.25, 0.3) is 0 Å². The normalized spacial score (nSPS) is 13.1. The molecular weight excluding hydrogens is 473 g/mol. The number of nitrogens with one attached hydrogen (secondary N) is 1. The largest absolute Gasteiger partial charge is 0.434 e. The van der Waals surface area contributed by atoms with E-state index in [1.165, 1.54) is 18.5 Å². The molecule has 0 fully saturated rings. The van der Waals surface area contributed by atoms with Gasteiger partial charge >= 0.3 is 6.18 Å². The molecule has 6 nitrogen and oxygen atoms in total. The molecule has 1 unspecified atom stereocenters. The lowest BCUT2D eigenvalue weighted by Crippen LogP contribution is -2.29. The first-order chi connectivity index (χ1) is 15.7. The fourth-order valence-electron chi connectivity index (χ4n) is 3.05. The van der Waals surface area contributed by atoms with Gasteiger partial charge in [-0.05, 0) is 29.8 Å². The zero-order valence-corrected chi connectivity index (χ0v) is 18.5. The van der Waals surface area contributed by atoms with E-state index in [-0.39, 0.29) is 16.6 Å². The van der Waals surface area contributed by atoms with Crippen LogP contribution >= 0.6 is 11.3 Å². The summed E-state index contributed by atoms with van der Waals surface area (Å²) in [5, 5.41) is 3.04. The first kappa shape index (κ1) is 23.0. The van der Waals surface area contributed by atoms with Gasteiger partial charge < -0.3 is 0 Å². The summed E-state index contributed by atoms with van der Waals surface area (Å²) in [5.74, 6) is 0. The van der Waals surface area contributed by atoms with Crippen molar-refractivity contribution < 1.29 is 21.6 Å². The van der Waals surface area contributed by atoms with Gasteiger partial charge in [-0.1, -0.05) is 36.4 Å². The molecule has 0 radical (unpaired) electrons. The smallest absolute Gasteiger partial charge is 0.292 e. The van der Waals surface area contributed by atoms with Crippen molar-refractivity contribution in [2.24, 2.45) is 0 Å². The molecular formula is C22H17F3N4O2S2. The van der Waals surface area contributed by atoms with Crippen LogP contribution in [0.3, 0.4) is 0 Å². The highest BCUT2D eigenvalue weighted by Crippen LogP contribution is 2.33. The highest BCUT2D eigenvalue weighted by Gasteiger charge is 2.34. The summed E-state index contributed by atoms with van der Waals surface area (Å²) in [7, 11) is -3.89. The third-order valence-corrected chi connectivity index (χ3v) is 7.43. The highest BCUT2D eigenvalue weighted by molar-refractivity contribution is 7.91. The van der Waals surface area contributed by atoms with Gasteiger partial charge in [0.05, 0.1) is 5.69 Å². The van der Waals surface area contributed by atoms with Gasteiger partial charge in [-0.2, -0.15) is 13.2 Å². The fourth-order valence-corrected chi connectivity index (χ4v) is 5.36. The lowest BCUT2D eigenvalue weighted by Gasteiger charge is -2.18. The maximum Gasteiger partial charge on any atom is 0.434 e. The Morgan fingerprint density at radius 2 is 1.64 bits per heavy atom. The Morgan fingerprint density at radius 3 is 2.21 bits per heavy atom. The first-order valence-electron chi connectivity index (χ1n) is 9.66. The van der Waals surface area contributed by atoms with Gasteiger partial charge in [-0.3, -0.25) is 10.3 Å². The van der Waals surface area contributed by atoms with Crippen molar-refractivity contribution in [3.8, 4) is 10.6 Å². The van der Waals surface area contributed by atoms with Crippen molar-refractivity contribution in [2.75, 3.05) is 0 Å². The SMILES string of the molecule is O=S(=O)(c1ccccn1)C(NCc1ccc(-c2nc(C(F)(F)F)cs2)cc1)c1ccccn1. The van der Waals surface area contributed by atoms with Crippen molar-refractivity contribution in [2.45, 2.75) is 23.1 Å². The molecule has 0 saturated heterocycles. The van der Waals surface area contributed by atoms with Crippen LogP contribution in [0.25, 0.3) is 10.6 Å². The number of sulfone groups is 1. The number of thiazole rings is 1. The Hall–Kier alpha value is -3.15. The number of hydrogen-bond donors (Lipinski definition) is 1. The van der Waals surface area contributed by atoms with E-state index in [0.29, 0.717) is 11.3 Å². The number of pyridine rings is 2. The molecule has 0 bridgehead atoms. The van der Waals surface area contributed by atoms with Gasteiger partial charge in [-0.25, -0.2) is 18.4 Å². The van der Waals surface area contributed by atoms with E-state index in [1.54, 1.807) is 54.6 Å². The average Bonchev–Trinajstić information content (AvgIpc) is 3.32. The number of benzene rings is 1. The third kappa shape index (κ3) is 5.27. The van der Waals surface area contributed by atoms with E-state index in [1.807, 2.05) is 0 Å². The monoisotopic (exact) mass is 490 g/mol. The number of rotatable bonds is 7. The molecule has 0 saturated carbocycles. The summed E-state index contributed by atoms with van der Waals surface area (Å²) in [6.45, 7) is 0.180. The van der Waals surface area contributed by atoms with Crippen LogP contribution in [0.2, 0.25) is 0 Å². The van der Waals surface area contributed by atoms with Crippen LogP contribution in [-0.4, -0.2) is 23.4 Å². The van der Waals surface area contributed by atoms with Crippen LogP contribution in [0.1, 0.15) is 22.3 Å². The van der Waals surface area contributed by atoms with Crippen molar-refractivity contribution in [3.63, 3.8) is 0 Å². The van der Waals surface area contributed by atoms with E-state index in [0.717, 1.165) is 22.3 Å². The van der Waals surface area contributed by atoms with E-state index in [9.17, 15) is 21.6 Å². The fraction of sp³-hybridized carbons (Fsp3) is 0.136. The summed E-state index contributed by atoms with van der Waals surface area (Å²) in [6.07, 6.45) is -1.57. The molecule has 33 heavy (non-hydrogen) atoms. The van der Waals surface area contributed by atoms with Crippen LogP contribution in [0.15, 0.2) is 83.5 Å². The average molecular weight is 491 g/mol. The zero-order chi connectivity index (χ0) is 23.5. The maximum absolute atomic E-state index is 13.2. The Kier molecular flexibility index (Phi) is 6.54. The van der Waals surface area contributed by atoms with Crippen LogP contribution in [0, 0.1) is 0 Å². The number of halogens is 3. The molecule has 4 aromatic rings. The van der Waals surface area contributed by atoms with E-state index in [2.05, 4.69) is 20.3 Å². The summed E-state index contributed by atoms with van der Waals surface area (Å²) in [6, 6.07) is 16.4. The number of alkyl halides is 3. The molecule has 1 aromatic carbocycles. The quantitative estimate of drug-likeness (QED) is 0.398. The molecule has 3 heterocycles. The van der Waals surface area contributed by atoms with E-state index < -0.39 is 27.1 Å². The molecule has 3 aromatic heterocycles. The van der Waals surface area contributed by atoms with Gasteiger partial charge in [0.15, 0.2) is 16.1 Å². The van der Waals surface area contributed by atoms with E-state index >= 15 is 0 Å².